The molecule has 0 heteroatoms. The molecule has 0 nitrogen and oxygen atoms in total. The molecule has 74 valence electrons. The highest BCUT2D eigenvalue weighted by atomic mass is 14.1. The van der Waals surface area contributed by atoms with Crippen LogP contribution in [0, 0.1) is 0 Å². The van der Waals surface area contributed by atoms with Crippen LogP contribution in [0.2, 0.25) is 0 Å². The molecule has 0 fully saturated rings. The van der Waals surface area contributed by atoms with Crippen LogP contribution in [0.3, 0.4) is 0 Å². The van der Waals surface area contributed by atoms with Crippen molar-refractivity contribution in [3.63, 3.8) is 0 Å². The van der Waals surface area contributed by atoms with Gasteiger partial charge in [-0.15, -0.1) is 0 Å². The molecule has 14 heavy (non-hydrogen) atoms. The monoisotopic (exact) mass is 186 g/mol. The predicted octanol–water partition coefficient (Wildman–Crippen LogP) is 4.23. The molecule has 0 amide bonds. The molecule has 1 aromatic carbocycles. The van der Waals surface area contributed by atoms with Crippen molar-refractivity contribution in [2.75, 3.05) is 0 Å². The van der Waals surface area contributed by atoms with Gasteiger partial charge in [-0.3, -0.25) is 0 Å². The second kappa shape index (κ2) is 4.80. The molecule has 0 bridgehead atoms. The number of rotatable bonds is 0. The van der Waals surface area contributed by atoms with Crippen molar-refractivity contribution in [1.29, 1.82) is 0 Å². The maximum atomic E-state index is 4.03. The zero-order valence-electron chi connectivity index (χ0n) is 9.30. The Balaban J connectivity index is 0.000000461. The first-order valence-corrected chi connectivity index (χ1v) is 5.22. The fourth-order valence-electron chi connectivity index (χ4n) is 1.71. The zero-order chi connectivity index (χ0) is 10.6. The third-order valence-electron chi connectivity index (χ3n) is 2.25. The molecule has 0 saturated carbocycles. The summed E-state index contributed by atoms with van der Waals surface area (Å²) in [5.74, 6) is 0. The van der Waals surface area contributed by atoms with E-state index in [2.05, 4.69) is 43.8 Å². The van der Waals surface area contributed by atoms with Crippen LogP contribution in [0.1, 0.15) is 31.9 Å². The minimum atomic E-state index is 1.08. The second-order valence-electron chi connectivity index (χ2n) is 3.35. The molecule has 1 aromatic rings. The Kier molecular flexibility index (Phi) is 3.70. The third-order valence-corrected chi connectivity index (χ3v) is 2.25. The summed E-state index contributed by atoms with van der Waals surface area (Å²) in [5, 5.41) is 0. The molecule has 0 saturated heterocycles. The first kappa shape index (κ1) is 10.8. The second-order valence-corrected chi connectivity index (χ2v) is 3.35. The van der Waals surface area contributed by atoms with Crippen LogP contribution in [0.15, 0.2) is 42.5 Å². The highest BCUT2D eigenvalue weighted by molar-refractivity contribution is 5.77. The number of fused-ring (bicyclic) bond motifs is 1. The van der Waals surface area contributed by atoms with E-state index in [-0.39, 0.29) is 0 Å². The smallest absolute Gasteiger partial charge is 0.00604 e. The lowest BCUT2D eigenvalue weighted by molar-refractivity contribution is 1.12. The van der Waals surface area contributed by atoms with E-state index in [0.29, 0.717) is 0 Å². The molecule has 0 N–H and O–H groups in total. The Labute approximate surface area is 87.0 Å². The Morgan fingerprint density at radius 2 is 1.79 bits per heavy atom. The lowest BCUT2D eigenvalue weighted by atomic mass is 9.90. The van der Waals surface area contributed by atoms with Gasteiger partial charge in [0, 0.05) is 0 Å². The summed E-state index contributed by atoms with van der Waals surface area (Å²) in [5.41, 5.74) is 5.26. The molecule has 0 heterocycles. The molecule has 0 unspecified atom stereocenters. The predicted molar refractivity (Wildman–Crippen MR) is 64.3 cm³/mol. The molecule has 1 aliphatic carbocycles. The standard InChI is InChI=1S/C12H12.C2H6/c1-9-7-10(2)12-6-4-3-5-11(12)8-9;1-2/h3-7H,2,8H2,1H3;1-2H3. The molecule has 0 aliphatic heterocycles. The summed E-state index contributed by atoms with van der Waals surface area (Å²) in [6.07, 6.45) is 3.25. The average molecular weight is 186 g/mol. The van der Waals surface area contributed by atoms with Gasteiger partial charge in [0.1, 0.15) is 0 Å². The van der Waals surface area contributed by atoms with E-state index in [1.54, 1.807) is 0 Å². The van der Waals surface area contributed by atoms with E-state index in [1.165, 1.54) is 16.7 Å². The van der Waals surface area contributed by atoms with Crippen molar-refractivity contribution in [3.8, 4) is 0 Å². The number of allylic oxidation sites excluding steroid dienone is 3. The van der Waals surface area contributed by atoms with E-state index in [1.807, 2.05) is 13.8 Å². The van der Waals surface area contributed by atoms with Crippen molar-refractivity contribution >= 4 is 5.57 Å². The molecule has 0 aromatic heterocycles. The number of benzene rings is 1. The molecule has 0 atom stereocenters. The highest BCUT2D eigenvalue weighted by Gasteiger charge is 2.09. The third kappa shape index (κ3) is 2.14. The van der Waals surface area contributed by atoms with Crippen LogP contribution in [-0.2, 0) is 6.42 Å². The molecular weight excluding hydrogens is 168 g/mol. The van der Waals surface area contributed by atoms with Crippen molar-refractivity contribution < 1.29 is 0 Å². The number of hydrogen-bond donors (Lipinski definition) is 0. The first-order chi connectivity index (χ1) is 6.77. The molecule has 0 spiro atoms. The minimum absolute atomic E-state index is 1.08. The van der Waals surface area contributed by atoms with Gasteiger partial charge in [0.15, 0.2) is 0 Å². The van der Waals surface area contributed by atoms with Gasteiger partial charge in [0.2, 0.25) is 0 Å². The molecule has 0 radical (unpaired) electrons. The Bertz CT molecular complexity index is 356. The van der Waals surface area contributed by atoms with Crippen LogP contribution >= 0.6 is 0 Å². The zero-order valence-corrected chi connectivity index (χ0v) is 9.30. The van der Waals surface area contributed by atoms with E-state index in [9.17, 15) is 0 Å². The maximum Gasteiger partial charge on any atom is -0.00604 e. The van der Waals surface area contributed by atoms with Crippen molar-refractivity contribution in [1.82, 2.24) is 0 Å². The van der Waals surface area contributed by atoms with E-state index < -0.39 is 0 Å². The lowest BCUT2D eigenvalue weighted by Gasteiger charge is -2.15. The van der Waals surface area contributed by atoms with Gasteiger partial charge < -0.3 is 0 Å². The summed E-state index contributed by atoms with van der Waals surface area (Å²) in [4.78, 5) is 0. The average Bonchev–Trinajstić information content (AvgIpc) is 2.20. The van der Waals surface area contributed by atoms with Crippen LogP contribution in [-0.4, -0.2) is 0 Å². The van der Waals surface area contributed by atoms with Crippen LogP contribution in [0.5, 0.6) is 0 Å². The van der Waals surface area contributed by atoms with E-state index >= 15 is 0 Å². The minimum Gasteiger partial charge on any atom is -0.0912 e. The quantitative estimate of drug-likeness (QED) is 0.569. The summed E-state index contributed by atoms with van der Waals surface area (Å²) in [7, 11) is 0. The van der Waals surface area contributed by atoms with Gasteiger partial charge in [-0.05, 0) is 30.0 Å². The Morgan fingerprint density at radius 1 is 1.14 bits per heavy atom. The topological polar surface area (TPSA) is 0 Å². The SMILES string of the molecule is C=C1C=C(C)Cc2ccccc21.CC. The summed E-state index contributed by atoms with van der Waals surface area (Å²) >= 11 is 0. The van der Waals surface area contributed by atoms with Crippen molar-refractivity contribution in [3.05, 3.63) is 53.6 Å². The van der Waals surface area contributed by atoms with Crippen LogP contribution < -0.4 is 0 Å². The maximum absolute atomic E-state index is 4.03. The van der Waals surface area contributed by atoms with Crippen LogP contribution in [0.4, 0.5) is 0 Å². The first-order valence-electron chi connectivity index (χ1n) is 5.22. The summed E-state index contributed by atoms with van der Waals surface area (Å²) in [6, 6.07) is 8.47. The van der Waals surface area contributed by atoms with E-state index in [4.69, 9.17) is 0 Å². The van der Waals surface area contributed by atoms with Gasteiger partial charge in [0.05, 0.1) is 0 Å². The fraction of sp³-hybridized carbons (Fsp3) is 0.286. The Hall–Kier alpha value is -1.30. The highest BCUT2D eigenvalue weighted by Crippen LogP contribution is 2.27. The fourth-order valence-corrected chi connectivity index (χ4v) is 1.71. The molecular formula is C14H18. The van der Waals surface area contributed by atoms with Crippen molar-refractivity contribution in [2.24, 2.45) is 0 Å². The number of hydrogen-bond acceptors (Lipinski definition) is 0. The van der Waals surface area contributed by atoms with E-state index in [0.717, 1.165) is 12.0 Å². The van der Waals surface area contributed by atoms with Gasteiger partial charge in [-0.25, -0.2) is 0 Å². The molecule has 1 aliphatic rings. The van der Waals surface area contributed by atoms with Crippen molar-refractivity contribution in [2.45, 2.75) is 27.2 Å². The van der Waals surface area contributed by atoms with Gasteiger partial charge >= 0.3 is 0 Å². The molecule has 2 rings (SSSR count). The van der Waals surface area contributed by atoms with Crippen LogP contribution in [0.25, 0.3) is 5.57 Å². The summed E-state index contributed by atoms with van der Waals surface area (Å²) in [6.45, 7) is 10.2. The van der Waals surface area contributed by atoms with Gasteiger partial charge in [0.25, 0.3) is 0 Å². The summed E-state index contributed by atoms with van der Waals surface area (Å²) < 4.78 is 0. The normalized spacial score (nSPS) is 13.6. The largest absolute Gasteiger partial charge is 0.0912 e. The van der Waals surface area contributed by atoms with Gasteiger partial charge in [-0.2, -0.15) is 0 Å². The van der Waals surface area contributed by atoms with Gasteiger partial charge in [-0.1, -0.05) is 56.3 Å². The lowest BCUT2D eigenvalue weighted by Crippen LogP contribution is -1.98. The Morgan fingerprint density at radius 3 is 2.50 bits per heavy atom.